The minimum Gasteiger partial charge on any atom is -0.312 e. The number of fused-ring (bicyclic) bond motifs is 1. The Bertz CT molecular complexity index is 870. The molecule has 1 aliphatic rings. The predicted molar refractivity (Wildman–Crippen MR) is 96.1 cm³/mol. The number of pyridine rings is 1. The predicted octanol–water partition coefficient (Wildman–Crippen LogP) is 5.58. The van der Waals surface area contributed by atoms with Crippen molar-refractivity contribution in [3.8, 4) is 0 Å². The van der Waals surface area contributed by atoms with Crippen LogP contribution in [0.25, 0.3) is 16.7 Å². The van der Waals surface area contributed by atoms with Crippen molar-refractivity contribution in [2.24, 2.45) is 7.05 Å². The lowest BCUT2D eigenvalue weighted by Gasteiger charge is -2.23. The Hall–Kier alpha value is -1.76. The van der Waals surface area contributed by atoms with Crippen LogP contribution in [0.1, 0.15) is 45.0 Å². The number of hydrogen-bond acceptors (Lipinski definition) is 3. The van der Waals surface area contributed by atoms with E-state index in [-0.39, 0.29) is 10.3 Å². The summed E-state index contributed by atoms with van der Waals surface area (Å²) in [5.74, 6) is 0.657. The molecule has 0 unspecified atom stereocenters. The van der Waals surface area contributed by atoms with Crippen molar-refractivity contribution in [1.29, 1.82) is 0 Å². The third-order valence-corrected chi connectivity index (χ3v) is 5.02. The lowest BCUT2D eigenvalue weighted by atomic mass is 10.1. The highest BCUT2D eigenvalue weighted by atomic mass is 32.2. The molecule has 0 radical (unpaired) electrons. The summed E-state index contributed by atoms with van der Waals surface area (Å²) in [7, 11) is 1.79. The van der Waals surface area contributed by atoms with Crippen LogP contribution >= 0.6 is 11.8 Å². The van der Waals surface area contributed by atoms with Gasteiger partial charge in [-0.25, -0.2) is 9.97 Å². The van der Waals surface area contributed by atoms with Crippen molar-refractivity contribution >= 4 is 28.5 Å². The maximum absolute atomic E-state index is 12.9. The Morgan fingerprint density at radius 1 is 1.12 bits per heavy atom. The fraction of sp³-hybridized carbons (Fsp3) is 0.444. The van der Waals surface area contributed by atoms with E-state index in [4.69, 9.17) is 0 Å². The third-order valence-electron chi connectivity index (χ3n) is 3.80. The Morgan fingerprint density at radius 3 is 2.44 bits per heavy atom. The lowest BCUT2D eigenvalue weighted by molar-refractivity contribution is -0.137. The molecule has 0 atom stereocenters. The molecule has 0 bridgehead atoms. The minimum absolute atomic E-state index is 0.0363. The van der Waals surface area contributed by atoms with E-state index >= 15 is 0 Å². The number of aromatic nitrogens is 3. The first kappa shape index (κ1) is 18.0. The van der Waals surface area contributed by atoms with Crippen molar-refractivity contribution in [2.45, 2.75) is 44.5 Å². The fourth-order valence-electron chi connectivity index (χ4n) is 2.75. The van der Waals surface area contributed by atoms with Crippen LogP contribution in [-0.2, 0) is 13.2 Å². The van der Waals surface area contributed by atoms with Gasteiger partial charge in [0.15, 0.2) is 5.65 Å². The number of rotatable bonds is 2. The quantitative estimate of drug-likeness (QED) is 0.694. The van der Waals surface area contributed by atoms with E-state index in [1.165, 1.54) is 0 Å². The average molecular weight is 367 g/mol. The van der Waals surface area contributed by atoms with E-state index in [2.05, 4.69) is 42.9 Å². The number of hydrogen-bond donors (Lipinski definition) is 0. The van der Waals surface area contributed by atoms with Crippen molar-refractivity contribution < 1.29 is 13.2 Å². The molecule has 0 spiro atoms. The minimum atomic E-state index is -4.42. The Kier molecular flexibility index (Phi) is 4.47. The molecule has 134 valence electrons. The van der Waals surface area contributed by atoms with Crippen LogP contribution in [-0.4, -0.2) is 19.3 Å². The summed E-state index contributed by atoms with van der Waals surface area (Å²) in [6.07, 6.45) is 2.59. The second-order valence-electron chi connectivity index (χ2n) is 7.04. The van der Waals surface area contributed by atoms with Gasteiger partial charge in [-0.2, -0.15) is 13.2 Å². The van der Waals surface area contributed by atoms with Crippen LogP contribution in [0.4, 0.5) is 13.2 Å². The molecule has 0 aliphatic heterocycles. The van der Waals surface area contributed by atoms with Crippen LogP contribution in [0, 0.1) is 0 Å². The summed E-state index contributed by atoms with van der Waals surface area (Å²) in [4.78, 5) is 9.58. The fourth-order valence-corrected chi connectivity index (χ4v) is 3.90. The second kappa shape index (κ2) is 6.20. The van der Waals surface area contributed by atoms with Gasteiger partial charge in [0, 0.05) is 28.5 Å². The maximum Gasteiger partial charge on any atom is 0.417 e. The zero-order valence-electron chi connectivity index (χ0n) is 14.6. The smallest absolute Gasteiger partial charge is 0.312 e. The van der Waals surface area contributed by atoms with Crippen LogP contribution in [0.2, 0.25) is 0 Å². The molecule has 2 heterocycles. The van der Waals surface area contributed by atoms with E-state index in [1.54, 1.807) is 23.4 Å². The number of aryl methyl sites for hydroxylation is 1. The Labute approximate surface area is 149 Å². The van der Waals surface area contributed by atoms with Crippen LogP contribution < -0.4 is 0 Å². The molecule has 0 N–H and O–H groups in total. The zero-order chi connectivity index (χ0) is 18.4. The SMILES string of the molecule is Cn1c(C2=CCCC=C2SC(C)(C)C)nc2cc(C(F)(F)F)cnc21. The molecular weight excluding hydrogens is 347 g/mol. The molecule has 0 aromatic carbocycles. The molecule has 3 rings (SSSR count). The largest absolute Gasteiger partial charge is 0.417 e. The average Bonchev–Trinajstić information content (AvgIpc) is 2.82. The molecule has 0 amide bonds. The summed E-state index contributed by atoms with van der Waals surface area (Å²) in [5.41, 5.74) is 0.913. The van der Waals surface area contributed by atoms with E-state index in [1.807, 2.05) is 0 Å². The van der Waals surface area contributed by atoms with E-state index in [0.29, 0.717) is 11.5 Å². The number of alkyl halides is 3. The molecule has 0 saturated carbocycles. The van der Waals surface area contributed by atoms with Crippen molar-refractivity contribution in [2.75, 3.05) is 0 Å². The number of thioether (sulfide) groups is 1. The van der Waals surface area contributed by atoms with Gasteiger partial charge in [-0.1, -0.05) is 32.9 Å². The van der Waals surface area contributed by atoms with Gasteiger partial charge in [0.2, 0.25) is 0 Å². The normalized spacial score (nSPS) is 16.1. The summed E-state index contributed by atoms with van der Waals surface area (Å²) in [6, 6.07) is 1.06. The lowest BCUT2D eigenvalue weighted by Crippen LogP contribution is -2.10. The van der Waals surface area contributed by atoms with Gasteiger partial charge < -0.3 is 4.57 Å². The number of halogens is 3. The molecule has 0 saturated heterocycles. The molecule has 7 heteroatoms. The first-order valence-electron chi connectivity index (χ1n) is 8.06. The van der Waals surface area contributed by atoms with Gasteiger partial charge in [0.05, 0.1) is 5.56 Å². The molecule has 3 nitrogen and oxygen atoms in total. The Morgan fingerprint density at radius 2 is 1.80 bits per heavy atom. The second-order valence-corrected chi connectivity index (χ2v) is 8.91. The topological polar surface area (TPSA) is 30.7 Å². The first-order chi connectivity index (χ1) is 11.6. The highest BCUT2D eigenvalue weighted by Crippen LogP contribution is 2.42. The van der Waals surface area contributed by atoms with Gasteiger partial charge in [-0.3, -0.25) is 0 Å². The monoisotopic (exact) mass is 367 g/mol. The van der Waals surface area contributed by atoms with Gasteiger partial charge in [-0.05, 0) is 18.9 Å². The molecule has 2 aromatic rings. The molecule has 25 heavy (non-hydrogen) atoms. The van der Waals surface area contributed by atoms with Gasteiger partial charge in [-0.15, -0.1) is 11.8 Å². The molecule has 2 aromatic heterocycles. The number of nitrogens with zero attached hydrogens (tertiary/aromatic N) is 3. The Balaban J connectivity index is 2.07. The van der Waals surface area contributed by atoms with Gasteiger partial charge >= 0.3 is 6.18 Å². The third kappa shape index (κ3) is 3.76. The molecule has 0 fully saturated rings. The maximum atomic E-state index is 12.9. The van der Waals surface area contributed by atoms with Gasteiger partial charge in [0.25, 0.3) is 0 Å². The molecular formula is C18H20F3N3S. The van der Waals surface area contributed by atoms with E-state index in [9.17, 15) is 13.2 Å². The summed E-state index contributed by atoms with van der Waals surface area (Å²) < 4.78 is 40.6. The summed E-state index contributed by atoms with van der Waals surface area (Å²) >= 11 is 1.75. The molecule has 1 aliphatic carbocycles. The van der Waals surface area contributed by atoms with E-state index in [0.717, 1.165) is 35.6 Å². The summed E-state index contributed by atoms with van der Waals surface area (Å²) in [5, 5.41) is 0. The summed E-state index contributed by atoms with van der Waals surface area (Å²) in [6.45, 7) is 6.41. The standard InChI is InChI=1S/C18H20F3N3S/c1-17(2,3)25-14-8-6-5-7-12(14)15-23-13-9-11(18(19,20)21)10-22-16(13)24(15)4/h7-10H,5-6H2,1-4H3. The van der Waals surface area contributed by atoms with Crippen LogP contribution in [0.15, 0.2) is 29.3 Å². The van der Waals surface area contributed by atoms with Crippen molar-refractivity contribution in [3.05, 3.63) is 40.7 Å². The number of allylic oxidation sites excluding steroid dienone is 3. The zero-order valence-corrected chi connectivity index (χ0v) is 15.4. The van der Waals surface area contributed by atoms with Crippen molar-refractivity contribution in [3.63, 3.8) is 0 Å². The highest BCUT2D eigenvalue weighted by Gasteiger charge is 2.32. The van der Waals surface area contributed by atoms with Crippen molar-refractivity contribution in [1.82, 2.24) is 14.5 Å². The van der Waals surface area contributed by atoms with Gasteiger partial charge in [0.1, 0.15) is 11.3 Å². The number of imidazole rings is 1. The first-order valence-corrected chi connectivity index (χ1v) is 8.88. The van der Waals surface area contributed by atoms with Crippen LogP contribution in [0.5, 0.6) is 0 Å². The highest BCUT2D eigenvalue weighted by molar-refractivity contribution is 8.04. The van der Waals surface area contributed by atoms with Crippen LogP contribution in [0.3, 0.4) is 0 Å². The van der Waals surface area contributed by atoms with E-state index < -0.39 is 11.7 Å².